The summed E-state index contributed by atoms with van der Waals surface area (Å²) in [5.74, 6) is 0. The van der Waals surface area contributed by atoms with Crippen molar-refractivity contribution in [2.24, 2.45) is 0 Å². The van der Waals surface area contributed by atoms with Gasteiger partial charge in [-0.05, 0) is 34.5 Å². The van der Waals surface area contributed by atoms with E-state index >= 15 is 0 Å². The maximum absolute atomic E-state index is 11.6. The predicted molar refractivity (Wildman–Crippen MR) is 57.5 cm³/mol. The molecule has 1 aromatic rings. The molecule has 0 bridgehead atoms. The maximum Gasteiger partial charge on any atom is 0.243 e. The molecule has 0 saturated heterocycles. The van der Waals surface area contributed by atoms with Crippen LogP contribution in [0.5, 0.6) is 0 Å². The van der Waals surface area contributed by atoms with Crippen LogP contribution in [0, 0.1) is 6.92 Å². The average Bonchev–Trinajstić information content (AvgIpc) is 2.09. The molecule has 0 fully saturated rings. The van der Waals surface area contributed by atoms with E-state index < -0.39 is 10.0 Å². The summed E-state index contributed by atoms with van der Waals surface area (Å²) in [6.45, 7) is 3.89. The lowest BCUT2D eigenvalue weighted by Gasteiger charge is -2.06. The summed E-state index contributed by atoms with van der Waals surface area (Å²) < 4.78 is 26.0. The van der Waals surface area contributed by atoms with E-state index in [9.17, 15) is 8.42 Å². The van der Waals surface area contributed by atoms with Gasteiger partial charge in [0.2, 0.25) is 10.0 Å². The van der Waals surface area contributed by atoms with Crippen LogP contribution in [-0.4, -0.2) is 19.9 Å². The van der Waals surface area contributed by atoms with E-state index in [0.717, 1.165) is 5.56 Å². The molecule has 14 heavy (non-hydrogen) atoms. The molecule has 0 radical (unpaired) electrons. The Labute approximate surface area is 91.9 Å². The minimum atomic E-state index is -3.42. The lowest BCUT2D eigenvalue weighted by molar-refractivity contribution is 0.582. The minimum absolute atomic E-state index is 0.180. The SMILES string of the molecule is CCNS(=O)(=O)c1cc(C)cnc1Br. The van der Waals surface area contributed by atoms with Crippen molar-refractivity contribution in [1.82, 2.24) is 9.71 Å². The molecular weight excluding hydrogens is 268 g/mol. The zero-order chi connectivity index (χ0) is 10.8. The predicted octanol–water partition coefficient (Wildman–Crippen LogP) is 1.45. The van der Waals surface area contributed by atoms with Crippen molar-refractivity contribution in [3.63, 3.8) is 0 Å². The fraction of sp³-hybridized carbons (Fsp3) is 0.375. The third-order valence-electron chi connectivity index (χ3n) is 1.57. The highest BCUT2D eigenvalue weighted by molar-refractivity contribution is 9.10. The normalized spacial score (nSPS) is 11.6. The molecule has 78 valence electrons. The number of halogens is 1. The lowest BCUT2D eigenvalue weighted by Crippen LogP contribution is -2.23. The van der Waals surface area contributed by atoms with Crippen LogP contribution in [0.4, 0.5) is 0 Å². The molecule has 1 N–H and O–H groups in total. The molecule has 0 amide bonds. The van der Waals surface area contributed by atoms with Gasteiger partial charge in [-0.2, -0.15) is 0 Å². The Morgan fingerprint density at radius 1 is 1.57 bits per heavy atom. The summed E-state index contributed by atoms with van der Waals surface area (Å²) in [6, 6.07) is 1.58. The molecule has 1 aromatic heterocycles. The average molecular weight is 279 g/mol. The van der Waals surface area contributed by atoms with Crippen molar-refractivity contribution in [2.75, 3.05) is 6.54 Å². The molecular formula is C8H11BrN2O2S. The highest BCUT2D eigenvalue weighted by Gasteiger charge is 2.17. The van der Waals surface area contributed by atoms with Crippen LogP contribution >= 0.6 is 15.9 Å². The maximum atomic E-state index is 11.6. The van der Waals surface area contributed by atoms with Crippen molar-refractivity contribution >= 4 is 26.0 Å². The van der Waals surface area contributed by atoms with E-state index in [0.29, 0.717) is 11.1 Å². The molecule has 0 aliphatic carbocycles. The first kappa shape index (κ1) is 11.6. The second-order valence-electron chi connectivity index (χ2n) is 2.80. The van der Waals surface area contributed by atoms with Crippen molar-refractivity contribution in [1.29, 1.82) is 0 Å². The van der Waals surface area contributed by atoms with Crippen LogP contribution in [0.3, 0.4) is 0 Å². The standard InChI is InChI=1S/C8H11BrN2O2S/c1-3-11-14(12,13)7-4-6(2)5-10-8(7)9/h4-5,11H,3H2,1-2H3. The molecule has 0 saturated carbocycles. The van der Waals surface area contributed by atoms with Crippen LogP contribution in [0.25, 0.3) is 0 Å². The number of pyridine rings is 1. The van der Waals surface area contributed by atoms with Gasteiger partial charge in [0.15, 0.2) is 0 Å². The first-order valence-corrected chi connectivity index (χ1v) is 6.37. The largest absolute Gasteiger partial charge is 0.248 e. The highest BCUT2D eigenvalue weighted by atomic mass is 79.9. The monoisotopic (exact) mass is 278 g/mol. The van der Waals surface area contributed by atoms with Gasteiger partial charge < -0.3 is 0 Å². The summed E-state index contributed by atoms with van der Waals surface area (Å²) in [5.41, 5.74) is 0.810. The Hall–Kier alpha value is -0.460. The second kappa shape index (κ2) is 4.37. The topological polar surface area (TPSA) is 59.1 Å². The molecule has 4 nitrogen and oxygen atoms in total. The molecule has 0 aliphatic heterocycles. The summed E-state index contributed by atoms with van der Waals surface area (Å²) in [7, 11) is -3.42. The van der Waals surface area contributed by atoms with Crippen LogP contribution in [0.2, 0.25) is 0 Å². The van der Waals surface area contributed by atoms with E-state index in [4.69, 9.17) is 0 Å². The van der Waals surface area contributed by atoms with Crippen LogP contribution < -0.4 is 4.72 Å². The van der Waals surface area contributed by atoms with Crippen molar-refractivity contribution in [3.05, 3.63) is 22.4 Å². The summed E-state index contributed by atoms with van der Waals surface area (Å²) in [4.78, 5) is 4.10. The fourth-order valence-electron chi connectivity index (χ4n) is 0.982. The number of sulfonamides is 1. The van der Waals surface area contributed by atoms with Gasteiger partial charge in [-0.15, -0.1) is 0 Å². The number of hydrogen-bond acceptors (Lipinski definition) is 3. The third-order valence-corrected chi connectivity index (χ3v) is 4.02. The highest BCUT2D eigenvalue weighted by Crippen LogP contribution is 2.19. The molecule has 0 spiro atoms. The van der Waals surface area contributed by atoms with Crippen LogP contribution in [0.1, 0.15) is 12.5 Å². The number of hydrogen-bond donors (Lipinski definition) is 1. The molecule has 6 heteroatoms. The zero-order valence-electron chi connectivity index (χ0n) is 7.91. The molecule has 1 heterocycles. The van der Waals surface area contributed by atoms with Gasteiger partial charge in [0.1, 0.15) is 9.50 Å². The van der Waals surface area contributed by atoms with E-state index in [1.165, 1.54) is 0 Å². The smallest absolute Gasteiger partial charge is 0.243 e. The Balaban J connectivity index is 3.25. The molecule has 0 aromatic carbocycles. The van der Waals surface area contributed by atoms with Gasteiger partial charge in [-0.25, -0.2) is 18.1 Å². The summed E-state index contributed by atoms with van der Waals surface area (Å²) >= 11 is 3.11. The van der Waals surface area contributed by atoms with E-state index in [1.807, 2.05) is 0 Å². The van der Waals surface area contributed by atoms with E-state index in [-0.39, 0.29) is 4.90 Å². The van der Waals surface area contributed by atoms with Gasteiger partial charge in [0.25, 0.3) is 0 Å². The number of nitrogens with one attached hydrogen (secondary N) is 1. The van der Waals surface area contributed by atoms with E-state index in [2.05, 4.69) is 25.6 Å². The lowest BCUT2D eigenvalue weighted by atomic mass is 10.3. The van der Waals surface area contributed by atoms with Crippen LogP contribution in [0.15, 0.2) is 21.8 Å². The van der Waals surface area contributed by atoms with Crippen molar-refractivity contribution < 1.29 is 8.42 Å². The number of aromatic nitrogens is 1. The Bertz CT molecular complexity index is 431. The number of aryl methyl sites for hydroxylation is 1. The second-order valence-corrected chi connectivity index (χ2v) is 5.29. The molecule has 0 aliphatic rings. The number of rotatable bonds is 3. The van der Waals surface area contributed by atoms with Gasteiger partial charge in [0.05, 0.1) is 0 Å². The van der Waals surface area contributed by atoms with Crippen LogP contribution in [-0.2, 0) is 10.0 Å². The zero-order valence-corrected chi connectivity index (χ0v) is 10.3. The third kappa shape index (κ3) is 2.52. The molecule has 1 rings (SSSR count). The quantitative estimate of drug-likeness (QED) is 0.852. The fourth-order valence-corrected chi connectivity index (χ4v) is 2.99. The Morgan fingerprint density at radius 3 is 2.79 bits per heavy atom. The van der Waals surface area contributed by atoms with Gasteiger partial charge in [-0.1, -0.05) is 6.92 Å². The first-order valence-electron chi connectivity index (χ1n) is 4.09. The molecule has 0 atom stereocenters. The van der Waals surface area contributed by atoms with Crippen molar-refractivity contribution in [3.8, 4) is 0 Å². The van der Waals surface area contributed by atoms with Gasteiger partial charge in [-0.3, -0.25) is 0 Å². The Kier molecular flexibility index (Phi) is 3.63. The first-order chi connectivity index (χ1) is 6.47. The summed E-state index contributed by atoms with van der Waals surface area (Å²) in [6.07, 6.45) is 1.61. The summed E-state index contributed by atoms with van der Waals surface area (Å²) in [5, 5.41) is 0. The van der Waals surface area contributed by atoms with Gasteiger partial charge >= 0.3 is 0 Å². The number of nitrogens with zero attached hydrogens (tertiary/aromatic N) is 1. The van der Waals surface area contributed by atoms with Crippen molar-refractivity contribution in [2.45, 2.75) is 18.7 Å². The minimum Gasteiger partial charge on any atom is -0.248 e. The van der Waals surface area contributed by atoms with Gasteiger partial charge in [0, 0.05) is 12.7 Å². The molecule has 0 unspecified atom stereocenters. The Morgan fingerprint density at radius 2 is 2.21 bits per heavy atom. The van der Waals surface area contributed by atoms with E-state index in [1.54, 1.807) is 26.1 Å².